The predicted molar refractivity (Wildman–Crippen MR) is 92.7 cm³/mol. The van der Waals surface area contributed by atoms with Crippen molar-refractivity contribution in [1.82, 2.24) is 5.32 Å². The summed E-state index contributed by atoms with van der Waals surface area (Å²) in [6.45, 7) is 0.434. The summed E-state index contributed by atoms with van der Waals surface area (Å²) in [5.74, 6) is -0.444. The summed E-state index contributed by atoms with van der Waals surface area (Å²) in [6, 6.07) is 17.0. The number of halogens is 1. The molecule has 23 heavy (non-hydrogen) atoms. The van der Waals surface area contributed by atoms with Gasteiger partial charge in [-0.25, -0.2) is 0 Å². The number of hydrogen-bond acceptors (Lipinski definition) is 2. The molecule has 0 radical (unpaired) electrons. The van der Waals surface area contributed by atoms with Gasteiger partial charge in [0.25, 0.3) is 0 Å². The van der Waals surface area contributed by atoms with Crippen molar-refractivity contribution in [3.63, 3.8) is 0 Å². The van der Waals surface area contributed by atoms with Crippen molar-refractivity contribution in [1.29, 1.82) is 0 Å². The third-order valence-electron chi connectivity index (χ3n) is 4.04. The molecule has 4 nitrogen and oxygen atoms in total. The Bertz CT molecular complexity index is 727. The van der Waals surface area contributed by atoms with E-state index in [9.17, 15) is 9.59 Å². The molecule has 0 atom stereocenters. The maximum Gasteiger partial charge on any atom is 0.240 e. The lowest BCUT2D eigenvalue weighted by Gasteiger charge is -2.16. The second kappa shape index (κ2) is 6.54. The first-order chi connectivity index (χ1) is 11.1. The third-order valence-corrected chi connectivity index (χ3v) is 4.73. The standard InChI is InChI=1S/C18H17BrN2O2/c19-14-8-4-5-9-15(14)21-17(23)18(10-11-18)16(22)20-12-13-6-2-1-3-7-13/h1-9H,10-12H2,(H,20,22)(H,21,23). The van der Waals surface area contributed by atoms with Gasteiger partial charge in [0.2, 0.25) is 11.8 Å². The van der Waals surface area contributed by atoms with Crippen molar-refractivity contribution in [3.8, 4) is 0 Å². The Morgan fingerprint density at radius 1 is 0.957 bits per heavy atom. The van der Waals surface area contributed by atoms with E-state index in [1.165, 1.54) is 0 Å². The Morgan fingerprint density at radius 3 is 2.26 bits per heavy atom. The van der Waals surface area contributed by atoms with E-state index >= 15 is 0 Å². The smallest absolute Gasteiger partial charge is 0.240 e. The number of carbonyl (C=O) groups excluding carboxylic acids is 2. The van der Waals surface area contributed by atoms with Gasteiger partial charge in [0.15, 0.2) is 0 Å². The molecule has 1 saturated carbocycles. The van der Waals surface area contributed by atoms with E-state index in [1.54, 1.807) is 6.07 Å². The normalized spacial score (nSPS) is 14.8. The second-order valence-corrected chi connectivity index (χ2v) is 6.54. The van der Waals surface area contributed by atoms with Crippen LogP contribution in [0.15, 0.2) is 59.1 Å². The van der Waals surface area contributed by atoms with Crippen molar-refractivity contribution >= 4 is 33.4 Å². The molecule has 0 aromatic heterocycles. The van der Waals surface area contributed by atoms with E-state index in [2.05, 4.69) is 26.6 Å². The molecular formula is C18H17BrN2O2. The van der Waals surface area contributed by atoms with E-state index in [1.807, 2.05) is 48.5 Å². The van der Waals surface area contributed by atoms with Crippen LogP contribution in [0.4, 0.5) is 5.69 Å². The van der Waals surface area contributed by atoms with E-state index < -0.39 is 5.41 Å². The van der Waals surface area contributed by atoms with Gasteiger partial charge in [0, 0.05) is 11.0 Å². The quantitative estimate of drug-likeness (QED) is 0.789. The molecule has 1 aliphatic rings. The lowest BCUT2D eigenvalue weighted by Crippen LogP contribution is -2.39. The van der Waals surface area contributed by atoms with Gasteiger partial charge in [-0.15, -0.1) is 0 Å². The topological polar surface area (TPSA) is 58.2 Å². The van der Waals surface area contributed by atoms with Gasteiger partial charge >= 0.3 is 0 Å². The molecule has 2 aromatic carbocycles. The van der Waals surface area contributed by atoms with Gasteiger partial charge in [0.1, 0.15) is 5.41 Å². The number of hydrogen-bond donors (Lipinski definition) is 2. The Kier molecular flexibility index (Phi) is 4.48. The Hall–Kier alpha value is -2.14. The van der Waals surface area contributed by atoms with Crippen LogP contribution in [0.1, 0.15) is 18.4 Å². The van der Waals surface area contributed by atoms with E-state index in [-0.39, 0.29) is 11.8 Å². The minimum absolute atomic E-state index is 0.203. The molecular weight excluding hydrogens is 356 g/mol. The fraction of sp³-hybridized carbons (Fsp3) is 0.222. The number of para-hydroxylation sites is 1. The monoisotopic (exact) mass is 372 g/mol. The molecule has 0 spiro atoms. The van der Waals surface area contributed by atoms with Crippen molar-refractivity contribution in [2.45, 2.75) is 19.4 Å². The first kappa shape index (κ1) is 15.7. The minimum atomic E-state index is -0.927. The van der Waals surface area contributed by atoms with Crippen LogP contribution in [0.25, 0.3) is 0 Å². The molecule has 1 aliphatic carbocycles. The average molecular weight is 373 g/mol. The highest BCUT2D eigenvalue weighted by atomic mass is 79.9. The highest BCUT2D eigenvalue weighted by Gasteiger charge is 2.56. The molecule has 2 N–H and O–H groups in total. The zero-order valence-corrected chi connectivity index (χ0v) is 14.1. The molecule has 0 bridgehead atoms. The zero-order valence-electron chi connectivity index (χ0n) is 12.5. The molecule has 2 aromatic rings. The number of anilines is 1. The van der Waals surface area contributed by atoms with Crippen LogP contribution in [0, 0.1) is 5.41 Å². The first-order valence-electron chi connectivity index (χ1n) is 7.50. The maximum atomic E-state index is 12.5. The van der Waals surface area contributed by atoms with Crippen molar-refractivity contribution < 1.29 is 9.59 Å². The summed E-state index contributed by atoms with van der Waals surface area (Å²) < 4.78 is 0.800. The SMILES string of the molecule is O=C(NCc1ccccc1)C1(C(=O)Nc2ccccc2Br)CC1. The van der Waals surface area contributed by atoms with Crippen LogP contribution >= 0.6 is 15.9 Å². The number of rotatable bonds is 5. The van der Waals surface area contributed by atoms with Crippen LogP contribution in [0.5, 0.6) is 0 Å². The van der Waals surface area contributed by atoms with E-state index in [0.29, 0.717) is 25.1 Å². The van der Waals surface area contributed by atoms with Gasteiger partial charge in [-0.05, 0) is 46.5 Å². The van der Waals surface area contributed by atoms with Gasteiger partial charge in [-0.3, -0.25) is 9.59 Å². The summed E-state index contributed by atoms with van der Waals surface area (Å²) >= 11 is 3.40. The van der Waals surface area contributed by atoms with Crippen LogP contribution in [-0.4, -0.2) is 11.8 Å². The third kappa shape index (κ3) is 3.45. The minimum Gasteiger partial charge on any atom is -0.351 e. The van der Waals surface area contributed by atoms with Crippen LogP contribution in [-0.2, 0) is 16.1 Å². The van der Waals surface area contributed by atoms with E-state index in [0.717, 1.165) is 10.0 Å². The molecule has 0 heterocycles. The fourth-order valence-corrected chi connectivity index (χ4v) is 2.82. The largest absolute Gasteiger partial charge is 0.351 e. The Balaban J connectivity index is 1.63. The summed E-state index contributed by atoms with van der Waals surface area (Å²) in [6.07, 6.45) is 1.17. The maximum absolute atomic E-state index is 12.5. The molecule has 5 heteroatoms. The lowest BCUT2D eigenvalue weighted by atomic mass is 10.0. The predicted octanol–water partition coefficient (Wildman–Crippen LogP) is 3.48. The average Bonchev–Trinajstić information content (AvgIpc) is 3.38. The van der Waals surface area contributed by atoms with Crippen LogP contribution in [0.3, 0.4) is 0 Å². The lowest BCUT2D eigenvalue weighted by molar-refractivity contribution is -0.134. The molecule has 0 saturated heterocycles. The molecule has 3 rings (SSSR count). The van der Waals surface area contributed by atoms with Gasteiger partial charge < -0.3 is 10.6 Å². The second-order valence-electron chi connectivity index (χ2n) is 5.68. The Morgan fingerprint density at radius 2 is 1.61 bits per heavy atom. The van der Waals surface area contributed by atoms with Crippen LogP contribution < -0.4 is 10.6 Å². The van der Waals surface area contributed by atoms with Crippen molar-refractivity contribution in [2.24, 2.45) is 5.41 Å². The van der Waals surface area contributed by atoms with Gasteiger partial charge in [-0.1, -0.05) is 42.5 Å². The highest BCUT2D eigenvalue weighted by Crippen LogP contribution is 2.47. The molecule has 2 amide bonds. The van der Waals surface area contributed by atoms with Crippen LogP contribution in [0.2, 0.25) is 0 Å². The summed E-state index contributed by atoms with van der Waals surface area (Å²) in [7, 11) is 0. The van der Waals surface area contributed by atoms with Gasteiger partial charge in [-0.2, -0.15) is 0 Å². The number of carbonyl (C=O) groups is 2. The number of nitrogens with one attached hydrogen (secondary N) is 2. The molecule has 0 aliphatic heterocycles. The van der Waals surface area contributed by atoms with Gasteiger partial charge in [0.05, 0.1) is 5.69 Å². The number of benzene rings is 2. The first-order valence-corrected chi connectivity index (χ1v) is 8.29. The van der Waals surface area contributed by atoms with Crippen molar-refractivity contribution in [2.75, 3.05) is 5.32 Å². The molecule has 118 valence electrons. The highest BCUT2D eigenvalue weighted by molar-refractivity contribution is 9.10. The summed E-state index contributed by atoms with van der Waals surface area (Å²) in [5, 5.41) is 5.72. The summed E-state index contributed by atoms with van der Waals surface area (Å²) in [4.78, 5) is 24.9. The fourth-order valence-electron chi connectivity index (χ4n) is 2.43. The molecule has 0 unspecified atom stereocenters. The summed E-state index contributed by atoms with van der Waals surface area (Å²) in [5.41, 5.74) is 0.770. The van der Waals surface area contributed by atoms with Crippen molar-refractivity contribution in [3.05, 3.63) is 64.6 Å². The molecule has 1 fully saturated rings. The number of amides is 2. The zero-order chi connectivity index (χ0) is 16.3. The van der Waals surface area contributed by atoms with E-state index in [4.69, 9.17) is 0 Å². The Labute approximate surface area is 143 Å².